The van der Waals surface area contributed by atoms with Crippen LogP contribution in [-0.4, -0.2) is 47.7 Å². The van der Waals surface area contributed by atoms with E-state index in [0.717, 1.165) is 16.9 Å². The van der Waals surface area contributed by atoms with Gasteiger partial charge in [-0.3, -0.25) is 9.59 Å². The fourth-order valence-electron chi connectivity index (χ4n) is 3.33. The van der Waals surface area contributed by atoms with E-state index in [2.05, 4.69) is 0 Å². The number of amides is 1. The first-order chi connectivity index (χ1) is 13.4. The van der Waals surface area contributed by atoms with Crippen LogP contribution in [0.15, 0.2) is 34.7 Å². The molecular weight excluding hydrogens is 362 g/mol. The van der Waals surface area contributed by atoms with Crippen molar-refractivity contribution in [3.05, 3.63) is 53.0 Å². The van der Waals surface area contributed by atoms with E-state index >= 15 is 0 Å². The summed E-state index contributed by atoms with van der Waals surface area (Å²) in [6.45, 7) is 4.84. The molecule has 0 atom stereocenters. The lowest BCUT2D eigenvalue weighted by molar-refractivity contribution is -0.138. The molecule has 0 spiro atoms. The van der Waals surface area contributed by atoms with Crippen molar-refractivity contribution in [2.45, 2.75) is 39.3 Å². The standard InChI is InChI=1S/C21H25NO6/c1-14-3-5-18(15(2)11-14)27-13-17-4-6-19(28-17)21(25)22(12-20(23)24)16-7-9-26-10-8-16/h3-6,11,16H,7-10,12-13H2,1-2H3,(H,23,24). The minimum Gasteiger partial charge on any atom is -0.485 e. The summed E-state index contributed by atoms with van der Waals surface area (Å²) in [4.78, 5) is 25.4. The van der Waals surface area contributed by atoms with Crippen LogP contribution in [0.3, 0.4) is 0 Å². The molecule has 1 aromatic heterocycles. The number of benzene rings is 1. The molecule has 0 saturated carbocycles. The maximum atomic E-state index is 12.8. The monoisotopic (exact) mass is 387 g/mol. The summed E-state index contributed by atoms with van der Waals surface area (Å²) in [6, 6.07) is 8.98. The minimum atomic E-state index is -1.05. The molecule has 2 aromatic rings. The van der Waals surface area contributed by atoms with Gasteiger partial charge >= 0.3 is 5.97 Å². The summed E-state index contributed by atoms with van der Waals surface area (Å²) in [5.74, 6) is -0.0981. The lowest BCUT2D eigenvalue weighted by Gasteiger charge is -2.32. The van der Waals surface area contributed by atoms with Crippen molar-refractivity contribution >= 4 is 11.9 Å². The second-order valence-electron chi connectivity index (χ2n) is 6.99. The molecule has 0 bridgehead atoms. The fourth-order valence-corrected chi connectivity index (χ4v) is 3.33. The van der Waals surface area contributed by atoms with Gasteiger partial charge in [0.1, 0.15) is 24.7 Å². The molecular formula is C21H25NO6. The third-order valence-corrected chi connectivity index (χ3v) is 4.77. The van der Waals surface area contributed by atoms with Crippen molar-refractivity contribution in [1.29, 1.82) is 0 Å². The van der Waals surface area contributed by atoms with E-state index in [-0.39, 0.29) is 25.0 Å². The highest BCUT2D eigenvalue weighted by molar-refractivity contribution is 5.93. The highest BCUT2D eigenvalue weighted by Crippen LogP contribution is 2.22. The van der Waals surface area contributed by atoms with Crippen molar-refractivity contribution in [3.63, 3.8) is 0 Å². The predicted octanol–water partition coefficient (Wildman–Crippen LogP) is 3.18. The van der Waals surface area contributed by atoms with E-state index in [1.807, 2.05) is 32.0 Å². The first kappa shape index (κ1) is 19.9. The Balaban J connectivity index is 1.68. The Morgan fingerprint density at radius 1 is 1.18 bits per heavy atom. The first-order valence-corrected chi connectivity index (χ1v) is 9.33. The van der Waals surface area contributed by atoms with E-state index < -0.39 is 11.9 Å². The van der Waals surface area contributed by atoms with Gasteiger partial charge in [-0.15, -0.1) is 0 Å². The number of hydrogen-bond donors (Lipinski definition) is 1. The van der Waals surface area contributed by atoms with Crippen LogP contribution in [0.5, 0.6) is 5.75 Å². The first-order valence-electron chi connectivity index (χ1n) is 9.33. The predicted molar refractivity (Wildman–Crippen MR) is 101 cm³/mol. The van der Waals surface area contributed by atoms with Crippen LogP contribution in [-0.2, 0) is 16.1 Å². The maximum absolute atomic E-state index is 12.8. The number of hydrogen-bond acceptors (Lipinski definition) is 5. The Hall–Kier alpha value is -2.80. The number of carboxylic acids is 1. The number of nitrogens with zero attached hydrogens (tertiary/aromatic N) is 1. The van der Waals surface area contributed by atoms with Crippen molar-refractivity contribution < 1.29 is 28.6 Å². The lowest BCUT2D eigenvalue weighted by Crippen LogP contribution is -2.45. The SMILES string of the molecule is Cc1ccc(OCc2ccc(C(=O)N(CC(=O)O)C3CCOCC3)o2)c(C)c1. The zero-order valence-electron chi connectivity index (χ0n) is 16.1. The summed E-state index contributed by atoms with van der Waals surface area (Å²) in [5, 5.41) is 9.20. The Morgan fingerprint density at radius 3 is 2.61 bits per heavy atom. The van der Waals surface area contributed by atoms with E-state index in [1.165, 1.54) is 4.90 Å². The summed E-state index contributed by atoms with van der Waals surface area (Å²) in [6.07, 6.45) is 1.23. The van der Waals surface area contributed by atoms with Gasteiger partial charge in [-0.25, -0.2) is 0 Å². The molecule has 1 aromatic carbocycles. The number of furan rings is 1. The number of carbonyl (C=O) groups is 2. The average Bonchev–Trinajstić information content (AvgIpc) is 3.14. The third kappa shape index (κ3) is 4.92. The quantitative estimate of drug-likeness (QED) is 0.785. The van der Waals surface area contributed by atoms with E-state index in [4.69, 9.17) is 13.9 Å². The van der Waals surface area contributed by atoms with Gasteiger partial charge in [0.15, 0.2) is 5.76 Å². The average molecular weight is 387 g/mol. The Labute approximate surface area is 163 Å². The van der Waals surface area contributed by atoms with Gasteiger partial charge in [0.05, 0.1) is 0 Å². The Bertz CT molecular complexity index is 837. The molecule has 0 unspecified atom stereocenters. The van der Waals surface area contributed by atoms with Gasteiger partial charge in [0.25, 0.3) is 5.91 Å². The molecule has 1 N–H and O–H groups in total. The number of rotatable bonds is 7. The molecule has 1 saturated heterocycles. The minimum absolute atomic E-state index is 0.118. The van der Waals surface area contributed by atoms with Crippen molar-refractivity contribution in [2.75, 3.05) is 19.8 Å². The molecule has 0 radical (unpaired) electrons. The van der Waals surface area contributed by atoms with Gasteiger partial charge in [0, 0.05) is 19.3 Å². The molecule has 1 fully saturated rings. The number of aryl methyl sites for hydroxylation is 2. The second-order valence-corrected chi connectivity index (χ2v) is 6.99. The second kappa shape index (κ2) is 8.93. The van der Waals surface area contributed by atoms with Crippen molar-refractivity contribution in [2.24, 2.45) is 0 Å². The van der Waals surface area contributed by atoms with Crippen LogP contribution in [0.4, 0.5) is 0 Å². The van der Waals surface area contributed by atoms with Crippen LogP contribution in [0.1, 0.15) is 40.3 Å². The van der Waals surface area contributed by atoms with Crippen molar-refractivity contribution in [1.82, 2.24) is 4.90 Å². The summed E-state index contributed by atoms with van der Waals surface area (Å²) < 4.78 is 16.7. The molecule has 1 aliphatic heterocycles. The third-order valence-electron chi connectivity index (χ3n) is 4.77. The topological polar surface area (TPSA) is 89.2 Å². The smallest absolute Gasteiger partial charge is 0.323 e. The number of carbonyl (C=O) groups excluding carboxylic acids is 1. The zero-order chi connectivity index (χ0) is 20.1. The Morgan fingerprint density at radius 2 is 1.93 bits per heavy atom. The van der Waals surface area contributed by atoms with E-state index in [9.17, 15) is 14.7 Å². The number of ether oxygens (including phenoxy) is 2. The molecule has 3 rings (SSSR count). The largest absolute Gasteiger partial charge is 0.485 e. The van der Waals surface area contributed by atoms with Crippen LogP contribution in [0, 0.1) is 13.8 Å². The van der Waals surface area contributed by atoms with Crippen LogP contribution in [0.2, 0.25) is 0 Å². The Kier molecular flexibility index (Phi) is 6.36. The van der Waals surface area contributed by atoms with Gasteiger partial charge < -0.3 is 23.9 Å². The molecule has 7 nitrogen and oxygen atoms in total. The highest BCUT2D eigenvalue weighted by Gasteiger charge is 2.30. The maximum Gasteiger partial charge on any atom is 0.323 e. The summed E-state index contributed by atoms with van der Waals surface area (Å²) in [5.41, 5.74) is 2.18. The van der Waals surface area contributed by atoms with Gasteiger partial charge in [-0.05, 0) is 50.5 Å². The van der Waals surface area contributed by atoms with Crippen LogP contribution in [0.25, 0.3) is 0 Å². The molecule has 2 heterocycles. The van der Waals surface area contributed by atoms with Crippen LogP contribution >= 0.6 is 0 Å². The van der Waals surface area contributed by atoms with E-state index in [1.54, 1.807) is 12.1 Å². The number of carboxylic acid groups (broad SMARTS) is 1. The molecule has 28 heavy (non-hydrogen) atoms. The summed E-state index contributed by atoms with van der Waals surface area (Å²) in [7, 11) is 0. The van der Waals surface area contributed by atoms with E-state index in [0.29, 0.717) is 31.8 Å². The normalized spacial score (nSPS) is 14.6. The van der Waals surface area contributed by atoms with Gasteiger partial charge in [-0.2, -0.15) is 0 Å². The van der Waals surface area contributed by atoms with Crippen molar-refractivity contribution in [3.8, 4) is 5.75 Å². The number of aliphatic carboxylic acids is 1. The zero-order valence-corrected chi connectivity index (χ0v) is 16.1. The van der Waals surface area contributed by atoms with Gasteiger partial charge in [-0.1, -0.05) is 17.7 Å². The summed E-state index contributed by atoms with van der Waals surface area (Å²) >= 11 is 0. The lowest BCUT2D eigenvalue weighted by atomic mass is 10.1. The molecule has 1 amide bonds. The fraction of sp³-hybridized carbons (Fsp3) is 0.429. The molecule has 0 aliphatic carbocycles. The molecule has 150 valence electrons. The molecule has 7 heteroatoms. The highest BCUT2D eigenvalue weighted by atomic mass is 16.5. The molecule has 1 aliphatic rings. The van der Waals surface area contributed by atoms with Gasteiger partial charge in [0.2, 0.25) is 0 Å². The van der Waals surface area contributed by atoms with Crippen LogP contribution < -0.4 is 4.74 Å².